The van der Waals surface area contributed by atoms with Gasteiger partial charge in [-0.25, -0.2) is 0 Å². The SMILES string of the molecule is CNc1nc(NC2CC(C)(C)CC2C)nc(SC)n1. The molecule has 0 amide bonds. The molecule has 1 aliphatic rings. The summed E-state index contributed by atoms with van der Waals surface area (Å²) < 4.78 is 0. The molecule has 2 rings (SSSR count). The van der Waals surface area contributed by atoms with Gasteiger partial charge in [-0.05, 0) is 30.4 Å². The highest BCUT2D eigenvalue weighted by Gasteiger charge is 2.37. The van der Waals surface area contributed by atoms with Crippen molar-refractivity contribution < 1.29 is 0 Å². The number of hydrogen-bond donors (Lipinski definition) is 2. The van der Waals surface area contributed by atoms with E-state index in [0.717, 1.165) is 11.6 Å². The second-order valence-electron chi connectivity index (χ2n) is 6.02. The minimum Gasteiger partial charge on any atom is -0.357 e. The molecule has 19 heavy (non-hydrogen) atoms. The van der Waals surface area contributed by atoms with Crippen LogP contribution in [0.15, 0.2) is 5.16 Å². The molecule has 0 aliphatic heterocycles. The maximum Gasteiger partial charge on any atom is 0.228 e. The van der Waals surface area contributed by atoms with E-state index in [1.54, 1.807) is 0 Å². The maximum atomic E-state index is 4.44. The predicted molar refractivity (Wildman–Crippen MR) is 80.7 cm³/mol. The van der Waals surface area contributed by atoms with Gasteiger partial charge in [0.1, 0.15) is 0 Å². The third kappa shape index (κ3) is 3.49. The lowest BCUT2D eigenvalue weighted by Crippen LogP contribution is -2.24. The average molecular weight is 281 g/mol. The van der Waals surface area contributed by atoms with Crippen molar-refractivity contribution in [2.45, 2.75) is 44.8 Å². The fraction of sp³-hybridized carbons (Fsp3) is 0.769. The lowest BCUT2D eigenvalue weighted by molar-refractivity contribution is 0.366. The highest BCUT2D eigenvalue weighted by Crippen LogP contribution is 2.41. The number of thioether (sulfide) groups is 1. The summed E-state index contributed by atoms with van der Waals surface area (Å²) in [6, 6.07) is 0.441. The van der Waals surface area contributed by atoms with Gasteiger partial charge in [0.15, 0.2) is 5.16 Å². The zero-order valence-electron chi connectivity index (χ0n) is 12.3. The second-order valence-corrected chi connectivity index (χ2v) is 6.79. The van der Waals surface area contributed by atoms with Gasteiger partial charge in [0.25, 0.3) is 0 Å². The van der Waals surface area contributed by atoms with Crippen molar-refractivity contribution in [3.8, 4) is 0 Å². The van der Waals surface area contributed by atoms with E-state index in [9.17, 15) is 0 Å². The maximum absolute atomic E-state index is 4.44. The normalized spacial score (nSPS) is 25.3. The highest BCUT2D eigenvalue weighted by atomic mass is 32.2. The molecule has 106 valence electrons. The first-order chi connectivity index (χ1) is 8.93. The Morgan fingerprint density at radius 3 is 2.37 bits per heavy atom. The average Bonchev–Trinajstić information content (AvgIpc) is 2.61. The summed E-state index contributed by atoms with van der Waals surface area (Å²) in [6.45, 7) is 6.94. The van der Waals surface area contributed by atoms with Crippen LogP contribution in [0.3, 0.4) is 0 Å². The van der Waals surface area contributed by atoms with Crippen LogP contribution in [-0.4, -0.2) is 34.3 Å². The van der Waals surface area contributed by atoms with Crippen molar-refractivity contribution in [2.24, 2.45) is 11.3 Å². The number of anilines is 2. The Morgan fingerprint density at radius 2 is 1.84 bits per heavy atom. The smallest absolute Gasteiger partial charge is 0.228 e. The molecule has 1 saturated carbocycles. The zero-order chi connectivity index (χ0) is 14.0. The standard InChI is InChI=1S/C13H23N5S/c1-8-6-13(2,3)7-9(8)15-11-16-10(14-4)17-12(18-11)19-5/h8-9H,6-7H2,1-5H3,(H2,14,15,16,17,18). The van der Waals surface area contributed by atoms with E-state index in [-0.39, 0.29) is 0 Å². The summed E-state index contributed by atoms with van der Waals surface area (Å²) in [5.41, 5.74) is 0.401. The lowest BCUT2D eigenvalue weighted by atomic mass is 9.91. The van der Waals surface area contributed by atoms with E-state index < -0.39 is 0 Å². The number of aromatic nitrogens is 3. The minimum absolute atomic E-state index is 0.401. The van der Waals surface area contributed by atoms with Gasteiger partial charge in [0.2, 0.25) is 11.9 Å². The number of nitrogens with zero attached hydrogens (tertiary/aromatic N) is 3. The molecule has 1 aromatic heterocycles. The van der Waals surface area contributed by atoms with Gasteiger partial charge in [0.05, 0.1) is 0 Å². The van der Waals surface area contributed by atoms with Crippen molar-refractivity contribution >= 4 is 23.7 Å². The summed E-state index contributed by atoms with van der Waals surface area (Å²) in [5.74, 6) is 1.94. The molecule has 2 N–H and O–H groups in total. The van der Waals surface area contributed by atoms with Crippen LogP contribution in [0.2, 0.25) is 0 Å². The first kappa shape index (κ1) is 14.4. The number of nitrogens with one attached hydrogen (secondary N) is 2. The Hall–Kier alpha value is -1.04. The minimum atomic E-state index is 0.401. The third-order valence-electron chi connectivity index (χ3n) is 3.67. The molecule has 0 spiro atoms. The van der Waals surface area contributed by atoms with Crippen LogP contribution in [-0.2, 0) is 0 Å². The predicted octanol–water partition coefficient (Wildman–Crippen LogP) is 2.87. The summed E-state index contributed by atoms with van der Waals surface area (Å²) in [4.78, 5) is 13.1. The van der Waals surface area contributed by atoms with Crippen molar-refractivity contribution in [1.29, 1.82) is 0 Å². The van der Waals surface area contributed by atoms with Crippen LogP contribution in [0.1, 0.15) is 33.6 Å². The second kappa shape index (κ2) is 5.53. The van der Waals surface area contributed by atoms with E-state index in [4.69, 9.17) is 0 Å². The first-order valence-corrected chi connectivity index (χ1v) is 7.90. The summed E-state index contributed by atoms with van der Waals surface area (Å²) >= 11 is 1.53. The molecule has 5 nitrogen and oxygen atoms in total. The highest BCUT2D eigenvalue weighted by molar-refractivity contribution is 7.98. The Bertz CT molecular complexity index is 426. The summed E-state index contributed by atoms with van der Waals surface area (Å²) in [5, 5.41) is 7.20. The number of rotatable bonds is 4. The molecule has 6 heteroatoms. The van der Waals surface area contributed by atoms with Crippen molar-refractivity contribution in [2.75, 3.05) is 23.9 Å². The van der Waals surface area contributed by atoms with E-state index in [0.29, 0.717) is 29.3 Å². The molecular weight excluding hydrogens is 258 g/mol. The van der Waals surface area contributed by atoms with Crippen LogP contribution in [0.4, 0.5) is 11.9 Å². The van der Waals surface area contributed by atoms with Crippen LogP contribution in [0.25, 0.3) is 0 Å². The topological polar surface area (TPSA) is 62.7 Å². The van der Waals surface area contributed by atoms with E-state index in [1.807, 2.05) is 13.3 Å². The Balaban J connectivity index is 2.15. The third-order valence-corrected chi connectivity index (χ3v) is 4.22. The van der Waals surface area contributed by atoms with Crippen LogP contribution >= 0.6 is 11.8 Å². The van der Waals surface area contributed by atoms with Gasteiger partial charge >= 0.3 is 0 Å². The summed E-state index contributed by atoms with van der Waals surface area (Å²) in [6.07, 6.45) is 4.37. The van der Waals surface area contributed by atoms with Crippen molar-refractivity contribution in [3.05, 3.63) is 0 Å². The Morgan fingerprint density at radius 1 is 1.16 bits per heavy atom. The van der Waals surface area contributed by atoms with Crippen LogP contribution in [0.5, 0.6) is 0 Å². The van der Waals surface area contributed by atoms with E-state index in [2.05, 4.69) is 46.4 Å². The van der Waals surface area contributed by atoms with Gasteiger partial charge < -0.3 is 10.6 Å². The summed E-state index contributed by atoms with van der Waals surface area (Å²) in [7, 11) is 1.82. The molecule has 1 fully saturated rings. The van der Waals surface area contributed by atoms with Gasteiger partial charge in [-0.1, -0.05) is 32.5 Å². The molecule has 0 aromatic carbocycles. The van der Waals surface area contributed by atoms with Crippen molar-refractivity contribution in [3.63, 3.8) is 0 Å². The zero-order valence-corrected chi connectivity index (χ0v) is 13.1. The first-order valence-electron chi connectivity index (χ1n) is 6.68. The number of hydrogen-bond acceptors (Lipinski definition) is 6. The van der Waals surface area contributed by atoms with Crippen LogP contribution < -0.4 is 10.6 Å². The quantitative estimate of drug-likeness (QED) is 0.828. The molecule has 0 radical (unpaired) electrons. The van der Waals surface area contributed by atoms with Gasteiger partial charge in [-0.15, -0.1) is 0 Å². The molecule has 1 heterocycles. The molecule has 1 aromatic rings. The van der Waals surface area contributed by atoms with Gasteiger partial charge in [0, 0.05) is 13.1 Å². The fourth-order valence-corrected chi connectivity index (χ4v) is 3.23. The Kier molecular flexibility index (Phi) is 4.18. The monoisotopic (exact) mass is 281 g/mol. The van der Waals surface area contributed by atoms with Gasteiger partial charge in [-0.3, -0.25) is 0 Å². The van der Waals surface area contributed by atoms with Crippen molar-refractivity contribution in [1.82, 2.24) is 15.0 Å². The molecule has 0 saturated heterocycles. The van der Waals surface area contributed by atoms with Gasteiger partial charge in [-0.2, -0.15) is 15.0 Å². The lowest BCUT2D eigenvalue weighted by Gasteiger charge is -2.18. The molecule has 2 unspecified atom stereocenters. The molecule has 2 atom stereocenters. The van der Waals surface area contributed by atoms with Crippen LogP contribution in [0, 0.1) is 11.3 Å². The van der Waals surface area contributed by atoms with E-state index in [1.165, 1.54) is 18.2 Å². The Labute approximate surface area is 119 Å². The largest absolute Gasteiger partial charge is 0.357 e. The molecule has 1 aliphatic carbocycles. The molecule has 0 bridgehead atoms. The fourth-order valence-electron chi connectivity index (χ4n) is 2.88. The van der Waals surface area contributed by atoms with E-state index >= 15 is 0 Å². The molecular formula is C13H23N5S.